The Balaban J connectivity index is 2.07. The molecule has 0 aliphatic heterocycles. The molecular weight excluding hydrogens is 272 g/mol. The quantitative estimate of drug-likeness (QED) is 0.851. The fourth-order valence-electron chi connectivity index (χ4n) is 1.84. The average molecular weight is 292 g/mol. The van der Waals surface area contributed by atoms with Gasteiger partial charge in [0, 0.05) is 11.9 Å². The number of ether oxygens (including phenoxy) is 2. The summed E-state index contributed by atoms with van der Waals surface area (Å²) in [5.41, 5.74) is 2.13. The molecule has 0 aliphatic rings. The molecule has 0 atom stereocenters. The van der Waals surface area contributed by atoms with Crippen LogP contribution in [0.4, 0.5) is 0 Å². The van der Waals surface area contributed by atoms with Crippen LogP contribution in [-0.2, 0) is 13.2 Å². The molecule has 2 rings (SSSR count). The van der Waals surface area contributed by atoms with Crippen LogP contribution < -0.4 is 14.8 Å². The topological polar surface area (TPSA) is 43.4 Å². The van der Waals surface area contributed by atoms with Crippen molar-refractivity contribution in [2.45, 2.75) is 27.0 Å². The summed E-state index contributed by atoms with van der Waals surface area (Å²) in [6, 6.07) is 6.00. The Morgan fingerprint density at radius 2 is 2.15 bits per heavy atom. The Bertz CT molecular complexity index is 555. The zero-order chi connectivity index (χ0) is 14.4. The first kappa shape index (κ1) is 14.8. The normalized spacial score (nSPS) is 10.6. The van der Waals surface area contributed by atoms with E-state index in [9.17, 15) is 0 Å². The van der Waals surface area contributed by atoms with E-state index in [0.717, 1.165) is 35.3 Å². The lowest BCUT2D eigenvalue weighted by molar-refractivity contribution is 0.281. The molecule has 0 fully saturated rings. The molecule has 0 bridgehead atoms. The molecule has 0 spiro atoms. The van der Waals surface area contributed by atoms with Crippen molar-refractivity contribution in [3.05, 3.63) is 39.8 Å². The molecule has 1 aromatic heterocycles. The van der Waals surface area contributed by atoms with Gasteiger partial charge in [0.25, 0.3) is 0 Å². The van der Waals surface area contributed by atoms with Gasteiger partial charge in [-0.05, 0) is 31.2 Å². The van der Waals surface area contributed by atoms with Gasteiger partial charge in [-0.15, -0.1) is 11.3 Å². The van der Waals surface area contributed by atoms with Crippen molar-refractivity contribution in [2.75, 3.05) is 13.7 Å². The fraction of sp³-hybridized carbons (Fsp3) is 0.400. The number of rotatable bonds is 7. The van der Waals surface area contributed by atoms with E-state index < -0.39 is 0 Å². The van der Waals surface area contributed by atoms with Gasteiger partial charge in [-0.3, -0.25) is 0 Å². The third kappa shape index (κ3) is 3.95. The van der Waals surface area contributed by atoms with Gasteiger partial charge in [0.2, 0.25) is 0 Å². The molecule has 0 saturated heterocycles. The van der Waals surface area contributed by atoms with Crippen LogP contribution in [0.1, 0.15) is 23.2 Å². The van der Waals surface area contributed by atoms with Gasteiger partial charge in [0.1, 0.15) is 6.61 Å². The Hall–Kier alpha value is -1.59. The lowest BCUT2D eigenvalue weighted by atomic mass is 10.2. The molecule has 108 valence electrons. The first-order chi connectivity index (χ1) is 9.72. The van der Waals surface area contributed by atoms with Crippen molar-refractivity contribution in [1.82, 2.24) is 10.3 Å². The van der Waals surface area contributed by atoms with E-state index in [2.05, 4.69) is 17.2 Å². The monoisotopic (exact) mass is 292 g/mol. The van der Waals surface area contributed by atoms with E-state index in [1.807, 2.05) is 30.5 Å². The molecule has 0 saturated carbocycles. The second kappa shape index (κ2) is 7.26. The number of nitrogens with zero attached hydrogens (tertiary/aromatic N) is 1. The molecule has 5 heteroatoms. The van der Waals surface area contributed by atoms with Crippen LogP contribution in [0.15, 0.2) is 23.6 Å². The largest absolute Gasteiger partial charge is 0.493 e. The Morgan fingerprint density at radius 3 is 2.80 bits per heavy atom. The minimum Gasteiger partial charge on any atom is -0.493 e. The van der Waals surface area contributed by atoms with Crippen molar-refractivity contribution in [3.63, 3.8) is 0 Å². The van der Waals surface area contributed by atoms with E-state index in [4.69, 9.17) is 9.47 Å². The standard InChI is InChI=1S/C15H20N2O2S/c1-4-16-8-12-5-6-14(18-3)15(7-12)19-9-13-10-20-11(2)17-13/h5-7,10,16H,4,8-9H2,1-3H3. The van der Waals surface area contributed by atoms with Crippen molar-refractivity contribution in [3.8, 4) is 11.5 Å². The number of hydrogen-bond donors (Lipinski definition) is 1. The highest BCUT2D eigenvalue weighted by atomic mass is 32.1. The molecule has 0 unspecified atom stereocenters. The summed E-state index contributed by atoms with van der Waals surface area (Å²) in [6.45, 7) is 6.32. The zero-order valence-electron chi connectivity index (χ0n) is 12.1. The molecule has 20 heavy (non-hydrogen) atoms. The molecule has 4 nitrogen and oxygen atoms in total. The maximum atomic E-state index is 5.84. The average Bonchev–Trinajstić information content (AvgIpc) is 2.88. The van der Waals surface area contributed by atoms with Gasteiger partial charge in [0.05, 0.1) is 17.8 Å². The van der Waals surface area contributed by atoms with Gasteiger partial charge >= 0.3 is 0 Å². The summed E-state index contributed by atoms with van der Waals surface area (Å²) in [5.74, 6) is 1.51. The van der Waals surface area contributed by atoms with Crippen molar-refractivity contribution in [1.29, 1.82) is 0 Å². The molecule has 0 radical (unpaired) electrons. The van der Waals surface area contributed by atoms with E-state index in [0.29, 0.717) is 6.61 Å². The number of nitrogens with one attached hydrogen (secondary N) is 1. The fourth-order valence-corrected chi connectivity index (χ4v) is 2.44. The molecule has 0 amide bonds. The molecule has 1 heterocycles. The first-order valence-electron chi connectivity index (χ1n) is 6.64. The predicted molar refractivity (Wildman–Crippen MR) is 81.6 cm³/mol. The third-order valence-electron chi connectivity index (χ3n) is 2.85. The maximum absolute atomic E-state index is 5.84. The summed E-state index contributed by atoms with van der Waals surface area (Å²) in [4.78, 5) is 4.39. The highest BCUT2D eigenvalue weighted by molar-refractivity contribution is 7.09. The van der Waals surface area contributed by atoms with E-state index >= 15 is 0 Å². The third-order valence-corrected chi connectivity index (χ3v) is 3.67. The van der Waals surface area contributed by atoms with Crippen LogP contribution in [0.25, 0.3) is 0 Å². The Labute approximate surface area is 123 Å². The smallest absolute Gasteiger partial charge is 0.162 e. The second-order valence-electron chi connectivity index (χ2n) is 4.41. The molecule has 1 N–H and O–H groups in total. The van der Waals surface area contributed by atoms with Gasteiger partial charge < -0.3 is 14.8 Å². The van der Waals surface area contributed by atoms with Crippen molar-refractivity contribution >= 4 is 11.3 Å². The highest BCUT2D eigenvalue weighted by Crippen LogP contribution is 2.29. The number of aromatic nitrogens is 1. The van der Waals surface area contributed by atoms with Crippen LogP contribution in [0, 0.1) is 6.92 Å². The van der Waals surface area contributed by atoms with Crippen LogP contribution in [0.3, 0.4) is 0 Å². The molecule has 0 aliphatic carbocycles. The molecule has 2 aromatic rings. The zero-order valence-corrected chi connectivity index (χ0v) is 12.9. The number of aryl methyl sites for hydroxylation is 1. The summed E-state index contributed by atoms with van der Waals surface area (Å²) in [5, 5.41) is 6.37. The number of thiazole rings is 1. The van der Waals surface area contributed by atoms with E-state index in [1.54, 1.807) is 18.4 Å². The summed E-state index contributed by atoms with van der Waals surface area (Å²) >= 11 is 1.63. The summed E-state index contributed by atoms with van der Waals surface area (Å²) in [6.07, 6.45) is 0. The lowest BCUT2D eigenvalue weighted by Gasteiger charge is -2.12. The number of benzene rings is 1. The Morgan fingerprint density at radius 1 is 1.30 bits per heavy atom. The first-order valence-corrected chi connectivity index (χ1v) is 7.52. The number of methoxy groups -OCH3 is 1. The van der Waals surface area contributed by atoms with Gasteiger partial charge in [-0.2, -0.15) is 0 Å². The minimum atomic E-state index is 0.464. The van der Waals surface area contributed by atoms with Crippen LogP contribution in [0.2, 0.25) is 0 Å². The lowest BCUT2D eigenvalue weighted by Crippen LogP contribution is -2.11. The van der Waals surface area contributed by atoms with E-state index in [1.165, 1.54) is 5.56 Å². The van der Waals surface area contributed by atoms with Crippen LogP contribution >= 0.6 is 11.3 Å². The second-order valence-corrected chi connectivity index (χ2v) is 5.47. The number of hydrogen-bond acceptors (Lipinski definition) is 5. The van der Waals surface area contributed by atoms with Crippen LogP contribution in [-0.4, -0.2) is 18.6 Å². The predicted octanol–water partition coefficient (Wildman–Crippen LogP) is 3.15. The van der Waals surface area contributed by atoms with Crippen molar-refractivity contribution < 1.29 is 9.47 Å². The molecule has 1 aromatic carbocycles. The summed E-state index contributed by atoms with van der Waals surface area (Å²) < 4.78 is 11.2. The van der Waals surface area contributed by atoms with Crippen LogP contribution in [0.5, 0.6) is 11.5 Å². The van der Waals surface area contributed by atoms with Gasteiger partial charge in [-0.1, -0.05) is 13.0 Å². The summed E-state index contributed by atoms with van der Waals surface area (Å²) in [7, 11) is 1.65. The van der Waals surface area contributed by atoms with Gasteiger partial charge in [-0.25, -0.2) is 4.98 Å². The Kier molecular flexibility index (Phi) is 5.38. The minimum absolute atomic E-state index is 0.464. The SMILES string of the molecule is CCNCc1ccc(OC)c(OCc2csc(C)n2)c1. The molecular formula is C15H20N2O2S. The highest BCUT2D eigenvalue weighted by Gasteiger charge is 2.07. The van der Waals surface area contributed by atoms with Crippen molar-refractivity contribution in [2.24, 2.45) is 0 Å². The van der Waals surface area contributed by atoms with E-state index in [-0.39, 0.29) is 0 Å². The maximum Gasteiger partial charge on any atom is 0.162 e. The van der Waals surface area contributed by atoms with Gasteiger partial charge in [0.15, 0.2) is 11.5 Å².